The minimum atomic E-state index is -0.0136. The molecule has 4 heteroatoms. The molecule has 0 aromatic rings. The third-order valence-corrected chi connectivity index (χ3v) is 3.02. The topological polar surface area (TPSA) is 24.9 Å². The van der Waals surface area contributed by atoms with Crippen molar-refractivity contribution in [2.75, 3.05) is 59.6 Å². The lowest BCUT2D eigenvalue weighted by Gasteiger charge is -2.35. The molecule has 1 fully saturated rings. The second-order valence-electron chi connectivity index (χ2n) is 5.64. The molecule has 0 bridgehead atoms. The lowest BCUT2D eigenvalue weighted by Crippen LogP contribution is -2.48. The van der Waals surface area contributed by atoms with Crippen LogP contribution in [0.5, 0.6) is 0 Å². The molecule has 1 saturated heterocycles. The summed E-state index contributed by atoms with van der Waals surface area (Å²) in [6, 6.07) is 0. The van der Waals surface area contributed by atoms with Gasteiger partial charge in [-0.2, -0.15) is 0 Å². The highest BCUT2D eigenvalue weighted by Gasteiger charge is 2.17. The van der Waals surface area contributed by atoms with Gasteiger partial charge < -0.3 is 9.47 Å². The molecule has 1 heterocycles. The third kappa shape index (κ3) is 6.99. The van der Waals surface area contributed by atoms with Crippen molar-refractivity contribution in [2.45, 2.75) is 26.4 Å². The maximum Gasteiger partial charge on any atom is 0.0600 e. The first-order valence-corrected chi connectivity index (χ1v) is 6.59. The first-order valence-electron chi connectivity index (χ1n) is 6.59. The first-order chi connectivity index (χ1) is 8.01. The molecule has 1 aliphatic heterocycles. The molecule has 1 aliphatic rings. The van der Waals surface area contributed by atoms with Crippen molar-refractivity contribution in [3.63, 3.8) is 0 Å². The fourth-order valence-electron chi connectivity index (χ4n) is 1.94. The summed E-state index contributed by atoms with van der Waals surface area (Å²) in [5, 5.41) is 0. The highest BCUT2D eigenvalue weighted by Crippen LogP contribution is 2.07. The van der Waals surface area contributed by atoms with E-state index < -0.39 is 0 Å². The maximum absolute atomic E-state index is 5.75. The van der Waals surface area contributed by atoms with Crippen molar-refractivity contribution in [1.29, 1.82) is 0 Å². The molecule has 0 aromatic heterocycles. The summed E-state index contributed by atoms with van der Waals surface area (Å²) in [5.74, 6) is 0. The van der Waals surface area contributed by atoms with E-state index in [0.29, 0.717) is 0 Å². The standard InChI is InChI=1S/C13H28N2O2/c1-13(2,3)17-12-10-15-7-5-14(6-8-15)9-11-16-4/h5-12H2,1-4H3. The second kappa shape index (κ2) is 7.31. The highest BCUT2D eigenvalue weighted by molar-refractivity contribution is 4.72. The molecule has 0 N–H and O–H groups in total. The molecule has 0 atom stereocenters. The molecule has 0 radical (unpaired) electrons. The van der Waals surface area contributed by atoms with Crippen molar-refractivity contribution in [3.8, 4) is 0 Å². The Morgan fingerprint density at radius 3 is 1.76 bits per heavy atom. The molecule has 0 unspecified atom stereocenters. The quantitative estimate of drug-likeness (QED) is 0.698. The number of piperazine rings is 1. The number of ether oxygens (including phenoxy) is 2. The van der Waals surface area contributed by atoms with Crippen LogP contribution in [-0.4, -0.2) is 75.0 Å². The largest absolute Gasteiger partial charge is 0.383 e. The van der Waals surface area contributed by atoms with Crippen molar-refractivity contribution in [3.05, 3.63) is 0 Å². The van der Waals surface area contributed by atoms with E-state index in [1.54, 1.807) is 7.11 Å². The van der Waals surface area contributed by atoms with E-state index in [9.17, 15) is 0 Å². The van der Waals surface area contributed by atoms with Gasteiger partial charge >= 0.3 is 0 Å². The van der Waals surface area contributed by atoms with E-state index in [0.717, 1.165) is 52.5 Å². The van der Waals surface area contributed by atoms with Gasteiger partial charge in [0.1, 0.15) is 0 Å². The monoisotopic (exact) mass is 244 g/mol. The minimum absolute atomic E-state index is 0.0136. The molecular weight excluding hydrogens is 216 g/mol. The summed E-state index contributed by atoms with van der Waals surface area (Å²) in [6.45, 7) is 14.7. The number of hydrogen-bond donors (Lipinski definition) is 0. The number of methoxy groups -OCH3 is 1. The third-order valence-electron chi connectivity index (χ3n) is 3.02. The van der Waals surface area contributed by atoms with Crippen LogP contribution >= 0.6 is 0 Å². The Kier molecular flexibility index (Phi) is 6.41. The zero-order valence-corrected chi connectivity index (χ0v) is 11.9. The molecule has 0 aliphatic carbocycles. The lowest BCUT2D eigenvalue weighted by atomic mass is 10.2. The van der Waals surface area contributed by atoms with Crippen LogP contribution in [0.25, 0.3) is 0 Å². The van der Waals surface area contributed by atoms with Crippen LogP contribution in [0, 0.1) is 0 Å². The van der Waals surface area contributed by atoms with E-state index in [2.05, 4.69) is 30.6 Å². The zero-order chi connectivity index (χ0) is 12.7. The van der Waals surface area contributed by atoms with Gasteiger partial charge in [0.15, 0.2) is 0 Å². The fraction of sp³-hybridized carbons (Fsp3) is 1.00. The average molecular weight is 244 g/mol. The van der Waals surface area contributed by atoms with Gasteiger partial charge in [0.2, 0.25) is 0 Å². The molecule has 0 saturated carbocycles. The van der Waals surface area contributed by atoms with Crippen LogP contribution in [0.2, 0.25) is 0 Å². The van der Waals surface area contributed by atoms with Crippen molar-refractivity contribution in [2.24, 2.45) is 0 Å². The second-order valence-corrected chi connectivity index (χ2v) is 5.64. The number of rotatable bonds is 6. The maximum atomic E-state index is 5.75. The summed E-state index contributed by atoms with van der Waals surface area (Å²) in [6.07, 6.45) is 0. The molecular formula is C13H28N2O2. The molecule has 0 aromatic carbocycles. The van der Waals surface area contributed by atoms with E-state index in [1.165, 1.54) is 0 Å². The van der Waals surface area contributed by atoms with Crippen LogP contribution in [-0.2, 0) is 9.47 Å². The Morgan fingerprint density at radius 2 is 1.35 bits per heavy atom. The van der Waals surface area contributed by atoms with Gasteiger partial charge in [-0.25, -0.2) is 0 Å². The Balaban J connectivity index is 2.07. The fourth-order valence-corrected chi connectivity index (χ4v) is 1.94. The van der Waals surface area contributed by atoms with Gasteiger partial charge in [0.25, 0.3) is 0 Å². The summed E-state index contributed by atoms with van der Waals surface area (Å²) in [7, 11) is 1.76. The van der Waals surface area contributed by atoms with Gasteiger partial charge in [0.05, 0.1) is 18.8 Å². The average Bonchev–Trinajstić information content (AvgIpc) is 2.26. The SMILES string of the molecule is COCCN1CCN(CCOC(C)(C)C)CC1. The highest BCUT2D eigenvalue weighted by atomic mass is 16.5. The Bertz CT molecular complexity index is 196. The molecule has 1 rings (SSSR count). The smallest absolute Gasteiger partial charge is 0.0600 e. The number of nitrogens with zero attached hydrogens (tertiary/aromatic N) is 2. The molecule has 0 spiro atoms. The van der Waals surface area contributed by atoms with Crippen LogP contribution in [0.1, 0.15) is 20.8 Å². The van der Waals surface area contributed by atoms with Gasteiger partial charge in [0, 0.05) is 46.4 Å². The lowest BCUT2D eigenvalue weighted by molar-refractivity contribution is -0.0184. The summed E-state index contributed by atoms with van der Waals surface area (Å²) in [5.41, 5.74) is -0.0136. The zero-order valence-electron chi connectivity index (χ0n) is 11.9. The van der Waals surface area contributed by atoms with E-state index in [-0.39, 0.29) is 5.60 Å². The predicted molar refractivity (Wildman–Crippen MR) is 70.5 cm³/mol. The van der Waals surface area contributed by atoms with Crippen LogP contribution < -0.4 is 0 Å². The molecule has 4 nitrogen and oxygen atoms in total. The van der Waals surface area contributed by atoms with E-state index >= 15 is 0 Å². The summed E-state index contributed by atoms with van der Waals surface area (Å²) < 4.78 is 10.8. The molecule has 102 valence electrons. The Morgan fingerprint density at radius 1 is 0.882 bits per heavy atom. The van der Waals surface area contributed by atoms with E-state index in [4.69, 9.17) is 9.47 Å². The van der Waals surface area contributed by atoms with Crippen LogP contribution in [0.15, 0.2) is 0 Å². The van der Waals surface area contributed by atoms with Gasteiger partial charge in [-0.1, -0.05) is 0 Å². The first kappa shape index (κ1) is 14.9. The van der Waals surface area contributed by atoms with Gasteiger partial charge in [-0.15, -0.1) is 0 Å². The Labute approximate surface area is 106 Å². The summed E-state index contributed by atoms with van der Waals surface area (Å²) in [4.78, 5) is 4.94. The van der Waals surface area contributed by atoms with Crippen molar-refractivity contribution in [1.82, 2.24) is 9.80 Å². The number of hydrogen-bond acceptors (Lipinski definition) is 4. The minimum Gasteiger partial charge on any atom is -0.383 e. The van der Waals surface area contributed by atoms with Crippen molar-refractivity contribution >= 4 is 0 Å². The molecule has 17 heavy (non-hydrogen) atoms. The summed E-state index contributed by atoms with van der Waals surface area (Å²) >= 11 is 0. The Hall–Kier alpha value is -0.160. The van der Waals surface area contributed by atoms with Crippen LogP contribution in [0.3, 0.4) is 0 Å². The molecule has 0 amide bonds. The van der Waals surface area contributed by atoms with Gasteiger partial charge in [-0.05, 0) is 20.8 Å². The van der Waals surface area contributed by atoms with Crippen molar-refractivity contribution < 1.29 is 9.47 Å². The normalized spacial score (nSPS) is 19.8. The van der Waals surface area contributed by atoms with Gasteiger partial charge in [-0.3, -0.25) is 9.80 Å². The van der Waals surface area contributed by atoms with E-state index in [1.807, 2.05) is 0 Å². The van der Waals surface area contributed by atoms with Crippen LogP contribution in [0.4, 0.5) is 0 Å². The predicted octanol–water partition coefficient (Wildman–Crippen LogP) is 1.07.